The second-order valence-electron chi connectivity index (χ2n) is 6.84. The number of nitrogens with zero attached hydrogens (tertiary/aromatic N) is 3. The lowest BCUT2D eigenvalue weighted by Crippen LogP contribution is -2.45. The molecule has 6 nitrogen and oxygen atoms in total. The largest absolute Gasteiger partial charge is 0.480 e. The maximum Gasteiger partial charge on any atom is 0.326 e. The van der Waals surface area contributed by atoms with Crippen LogP contribution in [0.15, 0.2) is 30.3 Å². The number of aromatic nitrogens is 2. The molecule has 1 aromatic carbocycles. The lowest BCUT2D eigenvalue weighted by Gasteiger charge is -2.29. The molecule has 1 amide bonds. The van der Waals surface area contributed by atoms with E-state index in [1.54, 1.807) is 6.92 Å². The number of aryl methyl sites for hydroxylation is 2. The summed E-state index contributed by atoms with van der Waals surface area (Å²) in [6.07, 6.45) is 0.544. The Kier molecular flexibility index (Phi) is 6.18. The number of hydrogen-bond acceptors (Lipinski definition) is 3. The molecule has 2 rings (SSSR count). The van der Waals surface area contributed by atoms with E-state index < -0.39 is 12.0 Å². The quantitative estimate of drug-likeness (QED) is 0.827. The maximum absolute atomic E-state index is 13.1. The van der Waals surface area contributed by atoms with Gasteiger partial charge in [0, 0.05) is 25.2 Å². The molecular weight excluding hydrogens is 330 g/mol. The van der Waals surface area contributed by atoms with Crippen LogP contribution in [0.3, 0.4) is 0 Å². The van der Waals surface area contributed by atoms with E-state index in [2.05, 4.69) is 5.10 Å². The van der Waals surface area contributed by atoms with E-state index in [1.807, 2.05) is 62.8 Å². The standard InChI is InChI=1S/C20H27N3O3/c1-13(11-18-14(2)21-22(5)15(18)3)19(24)23(16(4)20(25)26)12-17-9-7-6-8-10-17/h6-10,13,16H,11-12H2,1-5H3,(H,25,26). The van der Waals surface area contributed by atoms with Crippen LogP contribution in [-0.2, 0) is 29.6 Å². The Hall–Kier alpha value is -2.63. The molecular formula is C20H27N3O3. The second kappa shape index (κ2) is 8.17. The van der Waals surface area contributed by atoms with Crippen molar-refractivity contribution in [1.82, 2.24) is 14.7 Å². The molecule has 26 heavy (non-hydrogen) atoms. The Labute approximate surface area is 154 Å². The zero-order valence-corrected chi connectivity index (χ0v) is 16.1. The number of carbonyl (C=O) groups excluding carboxylic acids is 1. The summed E-state index contributed by atoms with van der Waals surface area (Å²) in [5, 5.41) is 13.8. The lowest BCUT2D eigenvalue weighted by atomic mass is 9.97. The number of carboxylic acid groups (broad SMARTS) is 1. The summed E-state index contributed by atoms with van der Waals surface area (Å²) in [6.45, 7) is 7.59. The molecule has 6 heteroatoms. The van der Waals surface area contributed by atoms with Crippen molar-refractivity contribution in [2.45, 2.75) is 46.7 Å². The highest BCUT2D eigenvalue weighted by molar-refractivity contribution is 5.84. The van der Waals surface area contributed by atoms with Crippen LogP contribution >= 0.6 is 0 Å². The molecule has 0 aliphatic heterocycles. The van der Waals surface area contributed by atoms with Crippen molar-refractivity contribution in [2.75, 3.05) is 0 Å². The van der Waals surface area contributed by atoms with Gasteiger partial charge in [0.15, 0.2) is 0 Å². The number of amides is 1. The molecule has 0 radical (unpaired) electrons. The van der Waals surface area contributed by atoms with Gasteiger partial charge in [0.05, 0.1) is 5.69 Å². The fraction of sp³-hybridized carbons (Fsp3) is 0.450. The Morgan fingerprint density at radius 3 is 2.31 bits per heavy atom. The Morgan fingerprint density at radius 1 is 1.19 bits per heavy atom. The minimum atomic E-state index is -1.00. The van der Waals surface area contributed by atoms with Gasteiger partial charge in [0.1, 0.15) is 6.04 Å². The minimum absolute atomic E-state index is 0.161. The summed E-state index contributed by atoms with van der Waals surface area (Å²) in [7, 11) is 1.88. The highest BCUT2D eigenvalue weighted by atomic mass is 16.4. The third-order valence-electron chi connectivity index (χ3n) is 4.89. The van der Waals surface area contributed by atoms with E-state index >= 15 is 0 Å². The molecule has 1 aromatic heterocycles. The first-order valence-electron chi connectivity index (χ1n) is 8.78. The third-order valence-corrected chi connectivity index (χ3v) is 4.89. The number of benzene rings is 1. The van der Waals surface area contributed by atoms with E-state index in [1.165, 1.54) is 4.90 Å². The SMILES string of the molecule is Cc1nn(C)c(C)c1CC(C)C(=O)N(Cc1ccccc1)C(C)C(=O)O. The Morgan fingerprint density at radius 2 is 1.81 bits per heavy atom. The van der Waals surface area contributed by atoms with Crippen molar-refractivity contribution in [3.05, 3.63) is 52.8 Å². The fourth-order valence-electron chi connectivity index (χ4n) is 3.11. The van der Waals surface area contributed by atoms with Gasteiger partial charge in [-0.1, -0.05) is 37.3 Å². The van der Waals surface area contributed by atoms with Crippen LogP contribution in [0.1, 0.15) is 36.4 Å². The zero-order valence-electron chi connectivity index (χ0n) is 16.1. The molecule has 2 atom stereocenters. The molecule has 140 valence electrons. The Balaban J connectivity index is 2.23. The average Bonchev–Trinajstić information content (AvgIpc) is 2.85. The van der Waals surface area contributed by atoms with Crippen molar-refractivity contribution in [2.24, 2.45) is 13.0 Å². The predicted molar refractivity (Wildman–Crippen MR) is 99.6 cm³/mol. The van der Waals surface area contributed by atoms with Gasteiger partial charge in [0.25, 0.3) is 0 Å². The number of carbonyl (C=O) groups is 2. The number of rotatable bonds is 7. The van der Waals surface area contributed by atoms with Crippen molar-refractivity contribution in [3.63, 3.8) is 0 Å². The monoisotopic (exact) mass is 357 g/mol. The van der Waals surface area contributed by atoms with Gasteiger partial charge >= 0.3 is 5.97 Å². The van der Waals surface area contributed by atoms with E-state index in [0.29, 0.717) is 6.42 Å². The van der Waals surface area contributed by atoms with E-state index in [0.717, 1.165) is 22.5 Å². The lowest BCUT2D eigenvalue weighted by molar-refractivity contribution is -0.151. The normalized spacial score (nSPS) is 13.3. The van der Waals surface area contributed by atoms with Crippen LogP contribution in [0.2, 0.25) is 0 Å². The van der Waals surface area contributed by atoms with Gasteiger partial charge in [-0.25, -0.2) is 4.79 Å². The van der Waals surface area contributed by atoms with Crippen LogP contribution in [0, 0.1) is 19.8 Å². The van der Waals surface area contributed by atoms with Crippen LogP contribution in [0.4, 0.5) is 0 Å². The van der Waals surface area contributed by atoms with Gasteiger partial charge in [-0.15, -0.1) is 0 Å². The molecule has 0 fully saturated rings. The summed E-state index contributed by atoms with van der Waals surface area (Å²) in [5.74, 6) is -1.50. The highest BCUT2D eigenvalue weighted by Crippen LogP contribution is 2.20. The summed E-state index contributed by atoms with van der Waals surface area (Å²) >= 11 is 0. The minimum Gasteiger partial charge on any atom is -0.480 e. The Bertz CT molecular complexity index is 783. The van der Waals surface area contributed by atoms with E-state index in [4.69, 9.17) is 0 Å². The smallest absolute Gasteiger partial charge is 0.326 e. The number of aliphatic carboxylic acids is 1. The molecule has 0 spiro atoms. The van der Waals surface area contributed by atoms with Crippen molar-refractivity contribution in [1.29, 1.82) is 0 Å². The summed E-state index contributed by atoms with van der Waals surface area (Å²) < 4.78 is 1.81. The van der Waals surface area contributed by atoms with E-state index in [9.17, 15) is 14.7 Å². The van der Waals surface area contributed by atoms with Crippen molar-refractivity contribution in [3.8, 4) is 0 Å². The summed E-state index contributed by atoms with van der Waals surface area (Å²) in [4.78, 5) is 26.0. The summed E-state index contributed by atoms with van der Waals surface area (Å²) in [6, 6.07) is 8.57. The topological polar surface area (TPSA) is 75.4 Å². The van der Waals surface area contributed by atoms with Crippen molar-refractivity contribution < 1.29 is 14.7 Å². The van der Waals surface area contributed by atoms with Gasteiger partial charge in [-0.05, 0) is 38.3 Å². The maximum atomic E-state index is 13.1. The second-order valence-corrected chi connectivity index (χ2v) is 6.84. The average molecular weight is 357 g/mol. The van der Waals surface area contributed by atoms with Crippen LogP contribution in [-0.4, -0.2) is 37.7 Å². The first-order valence-corrected chi connectivity index (χ1v) is 8.78. The van der Waals surface area contributed by atoms with Crippen LogP contribution in [0.25, 0.3) is 0 Å². The molecule has 0 saturated heterocycles. The molecule has 2 aromatic rings. The molecule has 0 aliphatic carbocycles. The molecule has 0 saturated carbocycles. The van der Waals surface area contributed by atoms with Gasteiger partial charge < -0.3 is 10.0 Å². The number of carboxylic acids is 1. The fourth-order valence-corrected chi connectivity index (χ4v) is 3.11. The molecule has 2 unspecified atom stereocenters. The van der Waals surface area contributed by atoms with Gasteiger partial charge in [0.2, 0.25) is 5.91 Å². The van der Waals surface area contributed by atoms with Crippen LogP contribution in [0.5, 0.6) is 0 Å². The molecule has 1 heterocycles. The first-order chi connectivity index (χ1) is 12.2. The summed E-state index contributed by atoms with van der Waals surface area (Å²) in [5.41, 5.74) is 3.90. The first kappa shape index (κ1) is 19.7. The van der Waals surface area contributed by atoms with Crippen molar-refractivity contribution >= 4 is 11.9 Å². The molecule has 1 N–H and O–H groups in total. The third kappa shape index (κ3) is 4.31. The molecule has 0 aliphatic rings. The highest BCUT2D eigenvalue weighted by Gasteiger charge is 2.30. The predicted octanol–water partition coefficient (Wildman–Crippen LogP) is 2.72. The van der Waals surface area contributed by atoms with E-state index in [-0.39, 0.29) is 18.4 Å². The van der Waals surface area contributed by atoms with Crippen LogP contribution < -0.4 is 0 Å². The number of hydrogen-bond donors (Lipinski definition) is 1. The van der Waals surface area contributed by atoms with Gasteiger partial charge in [-0.2, -0.15) is 5.10 Å². The molecule has 0 bridgehead atoms. The van der Waals surface area contributed by atoms with Gasteiger partial charge in [-0.3, -0.25) is 9.48 Å². The zero-order chi connectivity index (χ0) is 19.4.